The third-order valence-corrected chi connectivity index (χ3v) is 6.45. The van der Waals surface area contributed by atoms with E-state index in [1.54, 1.807) is 0 Å². The zero-order valence-corrected chi connectivity index (χ0v) is 20.6. The predicted molar refractivity (Wildman–Crippen MR) is 133 cm³/mol. The predicted octanol–water partition coefficient (Wildman–Crippen LogP) is 1.84. The van der Waals surface area contributed by atoms with Crippen LogP contribution in [0.1, 0.15) is 30.7 Å². The Morgan fingerprint density at radius 3 is 2.11 bits per heavy atom. The van der Waals surface area contributed by atoms with E-state index in [0.29, 0.717) is 12.3 Å². The molecular formula is C24H33ClN4O6. The molecule has 192 valence electrons. The number of rotatable bonds is 5. The van der Waals surface area contributed by atoms with Crippen LogP contribution in [0, 0.1) is 0 Å². The van der Waals surface area contributed by atoms with E-state index in [4.69, 9.17) is 31.4 Å². The normalized spacial score (nSPS) is 16.2. The van der Waals surface area contributed by atoms with Gasteiger partial charge in [0.2, 0.25) is 5.91 Å². The Kier molecular flexibility index (Phi) is 10.6. The van der Waals surface area contributed by atoms with Gasteiger partial charge < -0.3 is 30.1 Å². The van der Waals surface area contributed by atoms with Crippen LogP contribution in [-0.2, 0) is 34.5 Å². The van der Waals surface area contributed by atoms with Crippen molar-refractivity contribution in [1.29, 1.82) is 0 Å². The van der Waals surface area contributed by atoms with Gasteiger partial charge in [-0.3, -0.25) is 9.69 Å². The number of carboxylic acid groups (broad SMARTS) is 2. The fourth-order valence-corrected chi connectivity index (χ4v) is 4.39. The van der Waals surface area contributed by atoms with Gasteiger partial charge in [0.25, 0.3) is 0 Å². The maximum Gasteiger partial charge on any atom is 0.414 e. The molecule has 0 unspecified atom stereocenters. The molecule has 2 aliphatic heterocycles. The fourth-order valence-electron chi connectivity index (χ4n) is 4.21. The minimum atomic E-state index is -1.82. The molecule has 2 fully saturated rings. The van der Waals surface area contributed by atoms with Crippen LogP contribution in [-0.4, -0.2) is 80.6 Å². The van der Waals surface area contributed by atoms with Gasteiger partial charge in [0.1, 0.15) is 0 Å². The molecule has 3 heterocycles. The van der Waals surface area contributed by atoms with Crippen molar-refractivity contribution in [3.63, 3.8) is 0 Å². The van der Waals surface area contributed by atoms with E-state index in [9.17, 15) is 4.79 Å². The number of anilines is 1. The summed E-state index contributed by atoms with van der Waals surface area (Å²) in [5, 5.41) is 15.6. The average molecular weight is 509 g/mol. The zero-order valence-electron chi connectivity index (χ0n) is 19.8. The van der Waals surface area contributed by atoms with Crippen LogP contribution in [0.15, 0.2) is 36.4 Å². The Balaban J connectivity index is 0.000000552. The van der Waals surface area contributed by atoms with E-state index < -0.39 is 11.9 Å². The summed E-state index contributed by atoms with van der Waals surface area (Å²) in [6.07, 6.45) is 2.86. The van der Waals surface area contributed by atoms with Crippen LogP contribution in [0.2, 0.25) is 5.02 Å². The Morgan fingerprint density at radius 1 is 0.914 bits per heavy atom. The third-order valence-electron chi connectivity index (χ3n) is 6.22. The molecule has 1 amide bonds. The van der Waals surface area contributed by atoms with Crippen LogP contribution < -0.4 is 4.90 Å². The summed E-state index contributed by atoms with van der Waals surface area (Å²) in [7, 11) is 2.13. The second-order valence-corrected chi connectivity index (χ2v) is 8.94. The summed E-state index contributed by atoms with van der Waals surface area (Å²) in [4.78, 5) is 37.2. The molecule has 2 aliphatic rings. The second kappa shape index (κ2) is 13.1. The summed E-state index contributed by atoms with van der Waals surface area (Å²) in [6, 6.07) is 12.5. The summed E-state index contributed by atoms with van der Waals surface area (Å²) in [5.74, 6) is -3.35. The van der Waals surface area contributed by atoms with E-state index in [1.165, 1.54) is 17.1 Å². The SMILES string of the molecule is Cn1c(CN2CCN(c3cccc(Cl)c3)CC2)ccc1CN1CCCCC1=O.O.O=C(O)C(=O)O. The van der Waals surface area contributed by atoms with Gasteiger partial charge in [0.15, 0.2) is 0 Å². The molecule has 0 bridgehead atoms. The van der Waals surface area contributed by atoms with Crippen molar-refractivity contribution in [3.8, 4) is 0 Å². The number of carbonyl (C=O) groups excluding carboxylic acids is 1. The molecule has 1 aromatic heterocycles. The Hall–Kier alpha value is -3.08. The van der Waals surface area contributed by atoms with E-state index in [2.05, 4.69) is 39.6 Å². The standard InChI is InChI=1S/C22H29ClN4O.C2H2O4.H2O/c1-24-20(8-9-21(24)17-27-10-3-2-7-22(27)28)16-25-11-13-26(14-12-25)19-6-4-5-18(23)15-19;3-1(4)2(5)6;/h4-6,8-9,15H,2-3,7,10-14,16-17H2,1H3;(H,3,4)(H,5,6);1H2. The molecule has 10 nitrogen and oxygen atoms in total. The summed E-state index contributed by atoms with van der Waals surface area (Å²) < 4.78 is 2.27. The monoisotopic (exact) mass is 508 g/mol. The summed E-state index contributed by atoms with van der Waals surface area (Å²) in [6.45, 7) is 6.69. The van der Waals surface area contributed by atoms with Crippen molar-refractivity contribution in [2.45, 2.75) is 32.4 Å². The van der Waals surface area contributed by atoms with E-state index in [0.717, 1.165) is 63.7 Å². The van der Waals surface area contributed by atoms with Crippen molar-refractivity contribution < 1.29 is 30.1 Å². The molecule has 0 radical (unpaired) electrons. The maximum atomic E-state index is 12.1. The minimum Gasteiger partial charge on any atom is -0.473 e. The number of aromatic nitrogens is 1. The van der Waals surface area contributed by atoms with Crippen molar-refractivity contribution in [2.24, 2.45) is 7.05 Å². The van der Waals surface area contributed by atoms with Crippen molar-refractivity contribution in [1.82, 2.24) is 14.4 Å². The molecule has 0 spiro atoms. The lowest BCUT2D eigenvalue weighted by molar-refractivity contribution is -0.159. The van der Waals surface area contributed by atoms with Crippen LogP contribution >= 0.6 is 11.6 Å². The van der Waals surface area contributed by atoms with Gasteiger partial charge in [-0.1, -0.05) is 17.7 Å². The Labute approximate surface area is 209 Å². The van der Waals surface area contributed by atoms with Gasteiger partial charge in [-0.05, 0) is 43.2 Å². The van der Waals surface area contributed by atoms with Gasteiger partial charge in [-0.2, -0.15) is 0 Å². The first-order valence-corrected chi connectivity index (χ1v) is 11.7. The summed E-state index contributed by atoms with van der Waals surface area (Å²) in [5.41, 5.74) is 3.75. The lowest BCUT2D eigenvalue weighted by Crippen LogP contribution is -2.46. The van der Waals surface area contributed by atoms with Crippen LogP contribution in [0.25, 0.3) is 0 Å². The van der Waals surface area contributed by atoms with Gasteiger partial charge in [-0.15, -0.1) is 0 Å². The largest absolute Gasteiger partial charge is 0.473 e. The number of piperidine rings is 1. The molecule has 1 aromatic carbocycles. The highest BCUT2D eigenvalue weighted by Crippen LogP contribution is 2.22. The lowest BCUT2D eigenvalue weighted by Gasteiger charge is -2.36. The topological polar surface area (TPSA) is 138 Å². The maximum absolute atomic E-state index is 12.1. The number of hydrogen-bond donors (Lipinski definition) is 2. The third kappa shape index (κ3) is 7.98. The average Bonchev–Trinajstić information content (AvgIpc) is 3.15. The number of carboxylic acids is 2. The van der Waals surface area contributed by atoms with E-state index in [1.807, 2.05) is 23.1 Å². The molecule has 4 rings (SSSR count). The Bertz CT molecular complexity index is 1010. The molecule has 4 N–H and O–H groups in total. The second-order valence-electron chi connectivity index (χ2n) is 8.50. The molecule has 0 saturated carbocycles. The highest BCUT2D eigenvalue weighted by molar-refractivity contribution is 6.30. The number of nitrogens with zero attached hydrogens (tertiary/aromatic N) is 4. The highest BCUT2D eigenvalue weighted by atomic mass is 35.5. The molecule has 2 saturated heterocycles. The van der Waals surface area contributed by atoms with Crippen LogP contribution in [0.4, 0.5) is 5.69 Å². The van der Waals surface area contributed by atoms with Gasteiger partial charge in [-0.25, -0.2) is 9.59 Å². The number of halogens is 1. The number of likely N-dealkylation sites (tertiary alicyclic amines) is 1. The van der Waals surface area contributed by atoms with Gasteiger partial charge in [0.05, 0.1) is 6.54 Å². The molecule has 2 aromatic rings. The van der Waals surface area contributed by atoms with Crippen molar-refractivity contribution in [3.05, 3.63) is 52.8 Å². The molecule has 35 heavy (non-hydrogen) atoms. The molecular weight excluding hydrogens is 476 g/mol. The number of benzene rings is 1. The fraction of sp³-hybridized carbons (Fsp3) is 0.458. The molecule has 0 aliphatic carbocycles. The number of hydrogen-bond acceptors (Lipinski definition) is 5. The number of piperazine rings is 1. The molecule has 0 atom stereocenters. The minimum absolute atomic E-state index is 0. The number of amides is 1. The van der Waals surface area contributed by atoms with Gasteiger partial charge >= 0.3 is 11.9 Å². The number of aliphatic carboxylic acids is 2. The lowest BCUT2D eigenvalue weighted by atomic mass is 10.1. The quantitative estimate of drug-likeness (QED) is 0.587. The smallest absolute Gasteiger partial charge is 0.414 e. The number of carbonyl (C=O) groups is 3. The highest BCUT2D eigenvalue weighted by Gasteiger charge is 2.21. The Morgan fingerprint density at radius 2 is 1.54 bits per heavy atom. The summed E-state index contributed by atoms with van der Waals surface area (Å²) >= 11 is 6.13. The first kappa shape index (κ1) is 28.2. The first-order valence-electron chi connectivity index (χ1n) is 11.3. The van der Waals surface area contributed by atoms with Crippen LogP contribution in [0.5, 0.6) is 0 Å². The van der Waals surface area contributed by atoms with Crippen LogP contribution in [0.3, 0.4) is 0 Å². The van der Waals surface area contributed by atoms with Crippen molar-refractivity contribution >= 4 is 35.1 Å². The first-order chi connectivity index (χ1) is 16.2. The van der Waals surface area contributed by atoms with Crippen molar-refractivity contribution in [2.75, 3.05) is 37.6 Å². The van der Waals surface area contributed by atoms with E-state index >= 15 is 0 Å². The van der Waals surface area contributed by atoms with E-state index in [-0.39, 0.29) is 5.48 Å². The zero-order chi connectivity index (χ0) is 24.7. The van der Waals surface area contributed by atoms with Gasteiger partial charge in [0, 0.05) is 74.8 Å². The molecule has 11 heteroatoms.